The van der Waals surface area contributed by atoms with Crippen LogP contribution in [0, 0.1) is 5.41 Å². The van der Waals surface area contributed by atoms with E-state index < -0.39 is 11.4 Å². The van der Waals surface area contributed by atoms with Crippen LogP contribution in [0.15, 0.2) is 0 Å². The third-order valence-corrected chi connectivity index (χ3v) is 4.55. The quantitative estimate of drug-likeness (QED) is 0.770. The maximum absolute atomic E-state index is 12.0. The van der Waals surface area contributed by atoms with Gasteiger partial charge in [-0.25, -0.2) is 4.79 Å². The van der Waals surface area contributed by atoms with E-state index in [-0.39, 0.29) is 12.6 Å². The third kappa shape index (κ3) is 2.68. The van der Waals surface area contributed by atoms with Crippen LogP contribution in [0.2, 0.25) is 0 Å². The molecule has 0 bridgehead atoms. The number of piperazine rings is 1. The maximum Gasteiger partial charge on any atom is 0.317 e. The van der Waals surface area contributed by atoms with Crippen LogP contribution in [-0.2, 0) is 4.79 Å². The van der Waals surface area contributed by atoms with Crippen molar-refractivity contribution in [3.8, 4) is 0 Å². The highest BCUT2D eigenvalue weighted by molar-refractivity contribution is 5.80. The summed E-state index contributed by atoms with van der Waals surface area (Å²) in [4.78, 5) is 27.3. The minimum absolute atomic E-state index is 0.108. The van der Waals surface area contributed by atoms with Gasteiger partial charge in [-0.1, -0.05) is 0 Å². The Morgan fingerprint density at radius 3 is 2.26 bits per heavy atom. The molecule has 2 N–H and O–H groups in total. The van der Waals surface area contributed by atoms with Crippen LogP contribution in [0.1, 0.15) is 25.7 Å². The van der Waals surface area contributed by atoms with Crippen LogP contribution in [0.3, 0.4) is 0 Å². The van der Waals surface area contributed by atoms with Crippen LogP contribution in [0.25, 0.3) is 0 Å². The summed E-state index contributed by atoms with van der Waals surface area (Å²) >= 11 is 0. The van der Waals surface area contributed by atoms with Crippen LogP contribution in [-0.4, -0.2) is 65.7 Å². The Bertz CT molecular complexity index is 383. The molecule has 0 aromatic carbocycles. The Balaban J connectivity index is 1.42. The number of hydrogen-bond donors (Lipinski definition) is 2. The van der Waals surface area contributed by atoms with E-state index in [2.05, 4.69) is 10.2 Å². The van der Waals surface area contributed by atoms with Gasteiger partial charge in [-0.3, -0.25) is 9.69 Å². The number of hydrogen-bond acceptors (Lipinski definition) is 3. The molecule has 3 fully saturated rings. The molecule has 1 heterocycles. The zero-order valence-corrected chi connectivity index (χ0v) is 11.1. The van der Waals surface area contributed by atoms with Gasteiger partial charge in [0, 0.05) is 38.8 Å². The fourth-order valence-corrected chi connectivity index (χ4v) is 2.70. The predicted molar refractivity (Wildman–Crippen MR) is 68.9 cm³/mol. The Hall–Kier alpha value is -1.30. The van der Waals surface area contributed by atoms with Crippen LogP contribution in [0.4, 0.5) is 4.79 Å². The van der Waals surface area contributed by atoms with Crippen molar-refractivity contribution in [2.45, 2.75) is 31.7 Å². The summed E-state index contributed by atoms with van der Waals surface area (Å²) in [5.41, 5.74) is -0.675. The van der Waals surface area contributed by atoms with Gasteiger partial charge in [-0.05, 0) is 25.7 Å². The topological polar surface area (TPSA) is 72.9 Å². The summed E-state index contributed by atoms with van der Waals surface area (Å²) < 4.78 is 0. The number of nitrogens with zero attached hydrogens (tertiary/aromatic N) is 2. The number of carbonyl (C=O) groups is 2. The molecule has 0 aromatic heterocycles. The third-order valence-electron chi connectivity index (χ3n) is 4.55. The average Bonchev–Trinajstić information content (AvgIpc) is 3.29. The summed E-state index contributed by atoms with van der Waals surface area (Å²) in [5, 5.41) is 11.8. The molecule has 19 heavy (non-hydrogen) atoms. The van der Waals surface area contributed by atoms with Gasteiger partial charge in [0.25, 0.3) is 0 Å². The van der Waals surface area contributed by atoms with E-state index in [9.17, 15) is 9.59 Å². The lowest BCUT2D eigenvalue weighted by molar-refractivity contribution is -0.143. The highest BCUT2D eigenvalue weighted by atomic mass is 16.4. The summed E-state index contributed by atoms with van der Waals surface area (Å²) in [6.07, 6.45) is 3.96. The first kappa shape index (κ1) is 12.7. The smallest absolute Gasteiger partial charge is 0.317 e. The van der Waals surface area contributed by atoms with Crippen molar-refractivity contribution in [3.05, 3.63) is 0 Å². The van der Waals surface area contributed by atoms with E-state index in [0.29, 0.717) is 12.8 Å². The highest BCUT2D eigenvalue weighted by Crippen LogP contribution is 2.45. The SMILES string of the molecule is O=C(NCC1(C(=O)O)CC1)N1CCN(C2CC2)CC1. The molecule has 6 nitrogen and oxygen atoms in total. The summed E-state index contributed by atoms with van der Waals surface area (Å²) in [7, 11) is 0. The molecule has 0 aromatic rings. The number of amides is 2. The van der Waals surface area contributed by atoms with Gasteiger partial charge in [-0.15, -0.1) is 0 Å². The molecule has 3 aliphatic rings. The number of carboxylic acids is 1. The van der Waals surface area contributed by atoms with Gasteiger partial charge < -0.3 is 15.3 Å². The second-order valence-electron chi connectivity index (χ2n) is 6.00. The minimum Gasteiger partial charge on any atom is -0.481 e. The fourth-order valence-electron chi connectivity index (χ4n) is 2.70. The Morgan fingerprint density at radius 2 is 1.79 bits per heavy atom. The molecule has 0 radical (unpaired) electrons. The molecule has 2 saturated carbocycles. The van der Waals surface area contributed by atoms with Gasteiger partial charge in [-0.2, -0.15) is 0 Å². The molecule has 0 unspecified atom stereocenters. The van der Waals surface area contributed by atoms with E-state index in [1.54, 1.807) is 4.90 Å². The van der Waals surface area contributed by atoms with Gasteiger partial charge in [0.2, 0.25) is 0 Å². The second-order valence-corrected chi connectivity index (χ2v) is 6.00. The van der Waals surface area contributed by atoms with Crippen molar-refractivity contribution >= 4 is 12.0 Å². The summed E-state index contributed by atoms with van der Waals surface area (Å²) in [5.74, 6) is -0.786. The summed E-state index contributed by atoms with van der Waals surface area (Å²) in [6.45, 7) is 3.67. The van der Waals surface area contributed by atoms with Crippen molar-refractivity contribution in [3.63, 3.8) is 0 Å². The van der Waals surface area contributed by atoms with Crippen LogP contribution < -0.4 is 5.32 Å². The Kier molecular flexibility index (Phi) is 3.12. The Morgan fingerprint density at radius 1 is 1.16 bits per heavy atom. The van der Waals surface area contributed by atoms with Crippen molar-refractivity contribution in [2.75, 3.05) is 32.7 Å². The monoisotopic (exact) mass is 267 g/mol. The van der Waals surface area contributed by atoms with E-state index >= 15 is 0 Å². The molecule has 1 aliphatic heterocycles. The minimum atomic E-state index is -0.786. The van der Waals surface area contributed by atoms with E-state index in [0.717, 1.165) is 32.2 Å². The first-order valence-corrected chi connectivity index (χ1v) is 7.11. The zero-order chi connectivity index (χ0) is 13.5. The second kappa shape index (κ2) is 4.67. The zero-order valence-electron chi connectivity index (χ0n) is 11.1. The molecule has 2 amide bonds. The maximum atomic E-state index is 12.0. The number of nitrogens with one attached hydrogen (secondary N) is 1. The molecule has 3 rings (SSSR count). The lowest BCUT2D eigenvalue weighted by Crippen LogP contribution is -2.53. The molecular formula is C13H21N3O3. The van der Waals surface area contributed by atoms with Crippen molar-refractivity contribution < 1.29 is 14.7 Å². The average molecular weight is 267 g/mol. The van der Waals surface area contributed by atoms with Gasteiger partial charge in [0.1, 0.15) is 0 Å². The van der Waals surface area contributed by atoms with Gasteiger partial charge in [0.05, 0.1) is 5.41 Å². The number of carboxylic acid groups (broad SMARTS) is 1. The Labute approximate surface area is 112 Å². The first-order valence-electron chi connectivity index (χ1n) is 7.11. The lowest BCUT2D eigenvalue weighted by Gasteiger charge is -2.35. The van der Waals surface area contributed by atoms with Crippen molar-refractivity contribution in [2.24, 2.45) is 5.41 Å². The number of carbonyl (C=O) groups excluding carboxylic acids is 1. The molecule has 6 heteroatoms. The number of aliphatic carboxylic acids is 1. The van der Waals surface area contributed by atoms with Crippen LogP contribution >= 0.6 is 0 Å². The lowest BCUT2D eigenvalue weighted by atomic mass is 10.1. The largest absolute Gasteiger partial charge is 0.481 e. The predicted octanol–water partition coefficient (Wildman–Crippen LogP) is 0.341. The summed E-state index contributed by atoms with van der Waals surface area (Å²) in [6, 6.07) is 0.648. The fraction of sp³-hybridized carbons (Fsp3) is 0.846. The molecule has 1 saturated heterocycles. The molecule has 0 atom stereocenters. The number of rotatable bonds is 4. The van der Waals surface area contributed by atoms with E-state index in [1.807, 2.05) is 0 Å². The van der Waals surface area contributed by atoms with Crippen molar-refractivity contribution in [1.82, 2.24) is 15.1 Å². The van der Waals surface area contributed by atoms with Gasteiger partial charge >= 0.3 is 12.0 Å². The standard InChI is InChI=1S/C13H21N3O3/c17-11(18)13(3-4-13)9-14-12(19)16-7-5-15(6-8-16)10-1-2-10/h10H,1-9H2,(H,14,19)(H,17,18). The van der Waals surface area contributed by atoms with Crippen LogP contribution in [0.5, 0.6) is 0 Å². The molecule has 2 aliphatic carbocycles. The normalized spacial score (nSPS) is 26.0. The molecule has 106 valence electrons. The van der Waals surface area contributed by atoms with E-state index in [1.165, 1.54) is 12.8 Å². The molecular weight excluding hydrogens is 246 g/mol. The first-order chi connectivity index (χ1) is 9.11. The highest BCUT2D eigenvalue weighted by Gasteiger charge is 2.50. The molecule has 0 spiro atoms. The van der Waals surface area contributed by atoms with E-state index in [4.69, 9.17) is 5.11 Å². The number of urea groups is 1. The van der Waals surface area contributed by atoms with Gasteiger partial charge in [0.15, 0.2) is 0 Å². The van der Waals surface area contributed by atoms with Crippen molar-refractivity contribution in [1.29, 1.82) is 0 Å².